The maximum atomic E-state index is 11.9. The van der Waals surface area contributed by atoms with E-state index in [2.05, 4.69) is 10.6 Å². The van der Waals surface area contributed by atoms with Gasteiger partial charge in [-0.3, -0.25) is 9.59 Å². The minimum atomic E-state index is -0.978. The van der Waals surface area contributed by atoms with Gasteiger partial charge in [-0.25, -0.2) is 4.79 Å². The van der Waals surface area contributed by atoms with Crippen LogP contribution in [0.1, 0.15) is 28.8 Å². The van der Waals surface area contributed by atoms with Crippen molar-refractivity contribution in [1.82, 2.24) is 10.6 Å². The molecular formula is C14H16N2O4. The fraction of sp³-hybridized carbons (Fsp3) is 0.357. The summed E-state index contributed by atoms with van der Waals surface area (Å²) in [5.41, 5.74) is 1.03. The standard InChI is InChI=1S/C14H16N2O4/c17-12-7-11(5-6-15-12)13(18)16-8-9-1-3-10(4-2-9)14(19)20/h1-4,11H,5-8H2,(H,15,17)(H,16,18)(H,19,20). The largest absolute Gasteiger partial charge is 0.478 e. The Hall–Kier alpha value is -2.37. The second kappa shape index (κ2) is 6.18. The van der Waals surface area contributed by atoms with E-state index in [1.807, 2.05) is 0 Å². The molecule has 0 spiro atoms. The van der Waals surface area contributed by atoms with Crippen molar-refractivity contribution in [2.24, 2.45) is 5.92 Å². The van der Waals surface area contributed by atoms with Gasteiger partial charge in [-0.2, -0.15) is 0 Å². The van der Waals surface area contributed by atoms with Crippen molar-refractivity contribution in [1.29, 1.82) is 0 Å². The molecule has 2 amide bonds. The highest BCUT2D eigenvalue weighted by atomic mass is 16.4. The van der Waals surface area contributed by atoms with E-state index in [0.717, 1.165) is 5.56 Å². The molecule has 20 heavy (non-hydrogen) atoms. The van der Waals surface area contributed by atoms with E-state index < -0.39 is 5.97 Å². The number of nitrogens with one attached hydrogen (secondary N) is 2. The third kappa shape index (κ3) is 3.57. The molecular weight excluding hydrogens is 260 g/mol. The number of piperidine rings is 1. The van der Waals surface area contributed by atoms with Gasteiger partial charge in [-0.15, -0.1) is 0 Å². The number of benzene rings is 1. The van der Waals surface area contributed by atoms with Crippen LogP contribution >= 0.6 is 0 Å². The van der Waals surface area contributed by atoms with Crippen molar-refractivity contribution in [3.8, 4) is 0 Å². The quantitative estimate of drug-likeness (QED) is 0.747. The summed E-state index contributed by atoms with van der Waals surface area (Å²) in [6.07, 6.45) is 0.874. The van der Waals surface area contributed by atoms with E-state index >= 15 is 0 Å². The second-order valence-corrected chi connectivity index (χ2v) is 4.76. The van der Waals surface area contributed by atoms with Crippen LogP contribution in [0.25, 0.3) is 0 Å². The zero-order chi connectivity index (χ0) is 14.5. The first kappa shape index (κ1) is 14.0. The zero-order valence-corrected chi connectivity index (χ0v) is 10.9. The van der Waals surface area contributed by atoms with Crippen molar-refractivity contribution >= 4 is 17.8 Å². The fourth-order valence-corrected chi connectivity index (χ4v) is 2.11. The van der Waals surface area contributed by atoms with Crippen LogP contribution < -0.4 is 10.6 Å². The normalized spacial score (nSPS) is 18.2. The summed E-state index contributed by atoms with van der Waals surface area (Å²) in [7, 11) is 0. The molecule has 1 heterocycles. The van der Waals surface area contributed by atoms with Gasteiger partial charge in [-0.05, 0) is 24.1 Å². The summed E-state index contributed by atoms with van der Waals surface area (Å²) in [5.74, 6) is -1.49. The van der Waals surface area contributed by atoms with Crippen LogP contribution in [0.2, 0.25) is 0 Å². The molecule has 0 aliphatic carbocycles. The van der Waals surface area contributed by atoms with Gasteiger partial charge in [0.25, 0.3) is 0 Å². The lowest BCUT2D eigenvalue weighted by Gasteiger charge is -2.21. The SMILES string of the molecule is O=C1CC(C(=O)NCc2ccc(C(=O)O)cc2)CCN1. The molecule has 6 heteroatoms. The molecule has 0 aromatic heterocycles. The van der Waals surface area contributed by atoms with Crippen molar-refractivity contribution in [2.75, 3.05) is 6.54 Å². The monoisotopic (exact) mass is 276 g/mol. The van der Waals surface area contributed by atoms with Gasteiger partial charge in [0, 0.05) is 25.4 Å². The number of rotatable bonds is 4. The number of carboxylic acid groups (broad SMARTS) is 1. The van der Waals surface area contributed by atoms with Crippen molar-refractivity contribution < 1.29 is 19.5 Å². The molecule has 106 valence electrons. The molecule has 1 unspecified atom stereocenters. The highest BCUT2D eigenvalue weighted by molar-refractivity contribution is 5.88. The molecule has 0 saturated carbocycles. The van der Waals surface area contributed by atoms with Gasteiger partial charge in [0.1, 0.15) is 0 Å². The maximum Gasteiger partial charge on any atom is 0.335 e. The molecule has 0 radical (unpaired) electrons. The van der Waals surface area contributed by atoms with Crippen LogP contribution in [-0.2, 0) is 16.1 Å². The third-order valence-corrected chi connectivity index (χ3v) is 3.29. The summed E-state index contributed by atoms with van der Waals surface area (Å²) in [6.45, 7) is 0.862. The van der Waals surface area contributed by atoms with E-state index in [4.69, 9.17) is 5.11 Å². The number of hydrogen-bond acceptors (Lipinski definition) is 3. The molecule has 1 atom stereocenters. The molecule has 1 saturated heterocycles. The first-order chi connectivity index (χ1) is 9.56. The van der Waals surface area contributed by atoms with Gasteiger partial charge in [0.05, 0.1) is 5.56 Å². The van der Waals surface area contributed by atoms with Gasteiger partial charge >= 0.3 is 5.97 Å². The van der Waals surface area contributed by atoms with Crippen LogP contribution in [0, 0.1) is 5.92 Å². The highest BCUT2D eigenvalue weighted by Crippen LogP contribution is 2.13. The Labute approximate surface area is 116 Å². The molecule has 0 bridgehead atoms. The van der Waals surface area contributed by atoms with Crippen LogP contribution in [0.4, 0.5) is 0 Å². The first-order valence-corrected chi connectivity index (χ1v) is 6.43. The molecule has 1 aliphatic rings. The summed E-state index contributed by atoms with van der Waals surface area (Å²) >= 11 is 0. The zero-order valence-electron chi connectivity index (χ0n) is 10.9. The molecule has 1 aromatic rings. The summed E-state index contributed by atoms with van der Waals surface area (Å²) in [4.78, 5) is 33.8. The van der Waals surface area contributed by atoms with Gasteiger partial charge < -0.3 is 15.7 Å². The van der Waals surface area contributed by atoms with Crippen LogP contribution in [0.15, 0.2) is 24.3 Å². The number of carboxylic acids is 1. The number of amides is 2. The van der Waals surface area contributed by atoms with E-state index in [9.17, 15) is 14.4 Å². The first-order valence-electron chi connectivity index (χ1n) is 6.43. The molecule has 3 N–H and O–H groups in total. The molecule has 1 aliphatic heterocycles. The summed E-state index contributed by atoms with van der Waals surface area (Å²) in [6, 6.07) is 6.32. The van der Waals surface area contributed by atoms with E-state index in [1.54, 1.807) is 12.1 Å². The third-order valence-electron chi connectivity index (χ3n) is 3.29. The molecule has 1 fully saturated rings. The van der Waals surface area contributed by atoms with Crippen molar-refractivity contribution in [2.45, 2.75) is 19.4 Å². The average Bonchev–Trinajstić information content (AvgIpc) is 2.45. The molecule has 6 nitrogen and oxygen atoms in total. The Bertz CT molecular complexity index is 524. The average molecular weight is 276 g/mol. The van der Waals surface area contributed by atoms with Crippen molar-refractivity contribution in [3.05, 3.63) is 35.4 Å². The maximum absolute atomic E-state index is 11.9. The predicted molar refractivity (Wildman–Crippen MR) is 71.0 cm³/mol. The van der Waals surface area contributed by atoms with Crippen molar-refractivity contribution in [3.63, 3.8) is 0 Å². The Morgan fingerprint density at radius 2 is 2.00 bits per heavy atom. The predicted octanol–water partition coefficient (Wildman–Crippen LogP) is 0.527. The summed E-state index contributed by atoms with van der Waals surface area (Å²) < 4.78 is 0. The Balaban J connectivity index is 1.86. The van der Waals surface area contributed by atoms with Gasteiger partial charge in [-0.1, -0.05) is 12.1 Å². The summed E-state index contributed by atoms with van der Waals surface area (Å²) in [5, 5.41) is 14.2. The van der Waals surface area contributed by atoms with Gasteiger partial charge in [0.2, 0.25) is 11.8 Å². The number of hydrogen-bond donors (Lipinski definition) is 3. The van der Waals surface area contributed by atoms with Crippen LogP contribution in [0.5, 0.6) is 0 Å². The lowest BCUT2D eigenvalue weighted by molar-refractivity contribution is -0.132. The van der Waals surface area contributed by atoms with E-state index in [1.165, 1.54) is 12.1 Å². The number of aromatic carboxylic acids is 1. The van der Waals surface area contributed by atoms with Crippen LogP contribution in [0.3, 0.4) is 0 Å². The molecule has 1 aromatic carbocycles. The Kier molecular flexibility index (Phi) is 4.34. The fourth-order valence-electron chi connectivity index (χ4n) is 2.11. The van der Waals surface area contributed by atoms with Gasteiger partial charge in [0.15, 0.2) is 0 Å². The lowest BCUT2D eigenvalue weighted by Crippen LogP contribution is -2.40. The smallest absolute Gasteiger partial charge is 0.335 e. The minimum absolute atomic E-state index is 0.0952. The molecule has 2 rings (SSSR count). The number of carbonyl (C=O) groups is 3. The second-order valence-electron chi connectivity index (χ2n) is 4.76. The van der Waals surface area contributed by atoms with Crippen LogP contribution in [-0.4, -0.2) is 29.4 Å². The van der Waals surface area contributed by atoms with E-state index in [0.29, 0.717) is 19.5 Å². The topological polar surface area (TPSA) is 95.5 Å². The minimum Gasteiger partial charge on any atom is -0.478 e. The lowest BCUT2D eigenvalue weighted by atomic mass is 9.96. The Morgan fingerprint density at radius 1 is 1.30 bits per heavy atom. The van der Waals surface area contributed by atoms with E-state index in [-0.39, 0.29) is 29.7 Å². The number of carbonyl (C=O) groups excluding carboxylic acids is 2. The Morgan fingerprint density at radius 3 is 2.60 bits per heavy atom. The highest BCUT2D eigenvalue weighted by Gasteiger charge is 2.25.